The minimum Gasteiger partial charge on any atom is -0.455 e. The second kappa shape index (κ2) is 17.7. The number of benzene rings is 7. The summed E-state index contributed by atoms with van der Waals surface area (Å²) in [5.74, 6) is 3.94. The topological polar surface area (TPSA) is 18.5 Å². The van der Waals surface area contributed by atoms with E-state index in [0.717, 1.165) is 70.2 Å². The van der Waals surface area contributed by atoms with Crippen LogP contribution in [0.5, 0.6) is 23.0 Å². The fourth-order valence-electron chi connectivity index (χ4n) is 9.78. The van der Waals surface area contributed by atoms with Crippen LogP contribution in [-0.2, 0) is 25.7 Å². The summed E-state index contributed by atoms with van der Waals surface area (Å²) >= 11 is 0. The predicted octanol–water partition coefficient (Wildman–Crippen LogP) is 16.5. The molecule has 0 aliphatic heterocycles. The van der Waals surface area contributed by atoms with Crippen LogP contribution < -0.4 is 9.47 Å². The molecule has 0 atom stereocenters. The first-order valence-corrected chi connectivity index (χ1v) is 22.5. The summed E-state index contributed by atoms with van der Waals surface area (Å²) in [6.07, 6.45) is 19.1. The third kappa shape index (κ3) is 7.55. The molecule has 58 heavy (non-hydrogen) atoms. The molecule has 7 aromatic carbocycles. The molecular weight excluding hydrogens is 705 g/mol. The number of hydrogen-bond donors (Lipinski definition) is 0. The highest BCUT2D eigenvalue weighted by Crippen LogP contribution is 2.51. The van der Waals surface area contributed by atoms with E-state index in [2.05, 4.69) is 135 Å². The number of ether oxygens (including phenoxy) is 2. The summed E-state index contributed by atoms with van der Waals surface area (Å²) in [6, 6.07) is 44.7. The molecule has 0 N–H and O–H groups in total. The van der Waals surface area contributed by atoms with Gasteiger partial charge < -0.3 is 9.47 Å². The molecule has 0 spiro atoms. The van der Waals surface area contributed by atoms with Gasteiger partial charge in [0.2, 0.25) is 0 Å². The van der Waals surface area contributed by atoms with Gasteiger partial charge in [-0.25, -0.2) is 0 Å². The molecule has 0 saturated carbocycles. The van der Waals surface area contributed by atoms with E-state index in [1.54, 1.807) is 0 Å². The van der Waals surface area contributed by atoms with Gasteiger partial charge in [0.1, 0.15) is 23.0 Å². The number of fused-ring (bicyclic) bond motifs is 8. The molecule has 0 unspecified atom stereocenters. The van der Waals surface area contributed by atoms with Crippen molar-refractivity contribution >= 4 is 21.5 Å². The molecule has 0 bridgehead atoms. The fourth-order valence-corrected chi connectivity index (χ4v) is 9.78. The monoisotopic (exact) mass is 762 g/mol. The lowest BCUT2D eigenvalue weighted by atomic mass is 9.96. The molecule has 2 aliphatic carbocycles. The molecule has 0 aromatic heterocycles. The highest BCUT2D eigenvalue weighted by molar-refractivity contribution is 6.11. The first-order valence-electron chi connectivity index (χ1n) is 22.5. The lowest BCUT2D eigenvalue weighted by Crippen LogP contribution is -2.01. The number of unbranched alkanes of at least 4 members (excludes halogenated alkanes) is 10. The van der Waals surface area contributed by atoms with Crippen LogP contribution >= 0.6 is 0 Å². The van der Waals surface area contributed by atoms with Gasteiger partial charge in [-0.3, -0.25) is 0 Å². The van der Waals surface area contributed by atoms with Gasteiger partial charge in [0.15, 0.2) is 0 Å². The summed E-state index contributed by atoms with van der Waals surface area (Å²) in [4.78, 5) is 0. The van der Waals surface area contributed by atoms with Crippen LogP contribution in [0.25, 0.3) is 43.8 Å². The highest BCUT2D eigenvalue weighted by Gasteiger charge is 2.28. The molecule has 2 heteroatoms. The maximum absolute atomic E-state index is 7.49. The van der Waals surface area contributed by atoms with Crippen LogP contribution in [0.4, 0.5) is 0 Å². The van der Waals surface area contributed by atoms with Crippen LogP contribution in [0, 0.1) is 0 Å². The molecule has 7 aromatic rings. The SMILES string of the molecule is CCCCCCCCc1ccc2c(c1Oc1c3ccccc3c(Oc3c(CCCCCCCC)ccc4c3Cc3ccccc3-4)c3ccccc13)Cc1ccccc1-2. The van der Waals surface area contributed by atoms with Crippen LogP contribution in [0.1, 0.15) is 124 Å². The zero-order valence-corrected chi connectivity index (χ0v) is 34.7. The van der Waals surface area contributed by atoms with Crippen LogP contribution in [0.15, 0.2) is 121 Å². The van der Waals surface area contributed by atoms with Crippen molar-refractivity contribution in [3.63, 3.8) is 0 Å². The van der Waals surface area contributed by atoms with E-state index in [-0.39, 0.29) is 0 Å². The third-order valence-corrected chi connectivity index (χ3v) is 12.9. The van der Waals surface area contributed by atoms with Crippen molar-refractivity contribution in [2.24, 2.45) is 0 Å². The highest BCUT2D eigenvalue weighted by atomic mass is 16.5. The Labute approximate surface area is 346 Å². The summed E-state index contributed by atoms with van der Waals surface area (Å²) in [5.41, 5.74) is 13.3. The first kappa shape index (κ1) is 38.2. The quantitative estimate of drug-likeness (QED) is 0.0640. The lowest BCUT2D eigenvalue weighted by Gasteiger charge is -2.22. The largest absolute Gasteiger partial charge is 0.455 e. The summed E-state index contributed by atoms with van der Waals surface area (Å²) in [6.45, 7) is 4.58. The van der Waals surface area contributed by atoms with E-state index in [9.17, 15) is 0 Å². The molecule has 0 saturated heterocycles. The minimum atomic E-state index is 0.894. The Morgan fingerprint density at radius 1 is 0.345 bits per heavy atom. The maximum Gasteiger partial charge on any atom is 0.143 e. The van der Waals surface area contributed by atoms with Gasteiger partial charge in [-0.15, -0.1) is 0 Å². The zero-order valence-electron chi connectivity index (χ0n) is 34.7. The van der Waals surface area contributed by atoms with Gasteiger partial charge >= 0.3 is 0 Å². The normalized spacial score (nSPS) is 12.4. The number of hydrogen-bond acceptors (Lipinski definition) is 2. The first-order chi connectivity index (χ1) is 28.7. The lowest BCUT2D eigenvalue weighted by molar-refractivity contribution is 0.472. The average Bonchev–Trinajstić information content (AvgIpc) is 3.84. The van der Waals surface area contributed by atoms with Crippen molar-refractivity contribution in [2.45, 2.75) is 117 Å². The molecule has 2 nitrogen and oxygen atoms in total. The predicted molar refractivity (Wildman–Crippen MR) is 245 cm³/mol. The van der Waals surface area contributed by atoms with Gasteiger partial charge in [-0.2, -0.15) is 0 Å². The molecule has 2 aliphatic rings. The van der Waals surface area contributed by atoms with Crippen LogP contribution in [-0.4, -0.2) is 0 Å². The van der Waals surface area contributed by atoms with Gasteiger partial charge in [-0.1, -0.05) is 199 Å². The van der Waals surface area contributed by atoms with Crippen molar-refractivity contribution in [3.05, 3.63) is 155 Å². The molecule has 9 rings (SSSR count). The van der Waals surface area contributed by atoms with Crippen molar-refractivity contribution in [1.29, 1.82) is 0 Å². The van der Waals surface area contributed by atoms with Gasteiger partial charge in [0.05, 0.1) is 0 Å². The van der Waals surface area contributed by atoms with Crippen molar-refractivity contribution in [2.75, 3.05) is 0 Å². The van der Waals surface area contributed by atoms with Gasteiger partial charge in [0, 0.05) is 45.5 Å². The second-order valence-corrected chi connectivity index (χ2v) is 16.8. The molecule has 0 amide bonds. The fraction of sp³-hybridized carbons (Fsp3) is 0.321. The van der Waals surface area contributed by atoms with Crippen molar-refractivity contribution < 1.29 is 9.47 Å². The van der Waals surface area contributed by atoms with Crippen LogP contribution in [0.2, 0.25) is 0 Å². The van der Waals surface area contributed by atoms with E-state index >= 15 is 0 Å². The third-order valence-electron chi connectivity index (χ3n) is 12.9. The average molecular weight is 763 g/mol. The molecule has 0 heterocycles. The van der Waals surface area contributed by atoms with E-state index in [1.165, 1.54) is 133 Å². The Bertz CT molecular complexity index is 2320. The van der Waals surface area contributed by atoms with E-state index in [1.807, 2.05) is 0 Å². The Morgan fingerprint density at radius 3 is 1.12 bits per heavy atom. The maximum atomic E-state index is 7.49. The standard InChI is InChI=1S/C56H58O2/c1-3-5-7-9-11-13-23-39-33-35-45-43-27-17-15-25-41(43)37-51(45)53(39)57-55-47-29-19-21-31-49(47)56(50-32-22-20-30-48(50)55)58-54-40(24-14-12-10-8-6-4-2)34-36-46-44-28-18-16-26-42(44)38-52(46)54/h15-22,25-36H,3-14,23-24,37-38H2,1-2H3. The molecule has 0 radical (unpaired) electrons. The second-order valence-electron chi connectivity index (χ2n) is 16.8. The Morgan fingerprint density at radius 2 is 0.707 bits per heavy atom. The summed E-state index contributed by atoms with van der Waals surface area (Å²) < 4.78 is 15.0. The Kier molecular flexibility index (Phi) is 11.6. The molecule has 294 valence electrons. The molecule has 0 fully saturated rings. The van der Waals surface area contributed by atoms with Gasteiger partial charge in [0.25, 0.3) is 0 Å². The van der Waals surface area contributed by atoms with Crippen LogP contribution in [0.3, 0.4) is 0 Å². The Balaban J connectivity index is 1.13. The van der Waals surface area contributed by atoms with Crippen molar-refractivity contribution in [1.82, 2.24) is 0 Å². The van der Waals surface area contributed by atoms with E-state index in [0.29, 0.717) is 0 Å². The number of rotatable bonds is 18. The smallest absolute Gasteiger partial charge is 0.143 e. The van der Waals surface area contributed by atoms with Gasteiger partial charge in [-0.05, 0) is 70.2 Å². The van der Waals surface area contributed by atoms with Crippen molar-refractivity contribution in [3.8, 4) is 45.3 Å². The van der Waals surface area contributed by atoms with E-state index < -0.39 is 0 Å². The molecular formula is C56H58O2. The summed E-state index contributed by atoms with van der Waals surface area (Å²) in [7, 11) is 0. The number of aryl methyl sites for hydroxylation is 2. The Hall–Kier alpha value is -5.34. The zero-order chi connectivity index (χ0) is 39.3. The summed E-state index contributed by atoms with van der Waals surface area (Å²) in [5, 5.41) is 4.35. The van der Waals surface area contributed by atoms with E-state index in [4.69, 9.17) is 9.47 Å². The minimum absolute atomic E-state index is 0.894.